The Bertz CT molecular complexity index is 366. The van der Waals surface area contributed by atoms with Gasteiger partial charge in [-0.2, -0.15) is 0 Å². The summed E-state index contributed by atoms with van der Waals surface area (Å²) in [6, 6.07) is 3.30. The van der Waals surface area contributed by atoms with E-state index in [9.17, 15) is 0 Å². The smallest absolute Gasteiger partial charge is 0.163 e. The van der Waals surface area contributed by atoms with Crippen molar-refractivity contribution in [1.29, 1.82) is 0 Å². The number of epoxide rings is 1. The molecule has 0 radical (unpaired) electrons. The number of ether oxygens (including phenoxy) is 3. The average Bonchev–Trinajstić information content (AvgIpc) is 3.03. The minimum atomic E-state index is 0.201. The molecule has 1 aromatic carbocycles. The Kier molecular flexibility index (Phi) is 2.88. The van der Waals surface area contributed by atoms with Crippen LogP contribution in [0.1, 0.15) is 0 Å². The molecule has 1 aliphatic heterocycles. The molecular weight excluding hydrogens is 218 g/mol. The Morgan fingerprint density at radius 2 is 2.27 bits per heavy atom. The first-order chi connectivity index (χ1) is 7.20. The van der Waals surface area contributed by atoms with Crippen molar-refractivity contribution >= 4 is 17.3 Å². The van der Waals surface area contributed by atoms with Crippen molar-refractivity contribution in [2.45, 2.75) is 6.10 Å². The fraction of sp³-hybridized carbons (Fsp3) is 0.400. The Labute approximate surface area is 92.9 Å². The van der Waals surface area contributed by atoms with Gasteiger partial charge in [0.1, 0.15) is 12.7 Å². The first-order valence-electron chi connectivity index (χ1n) is 4.58. The van der Waals surface area contributed by atoms with Crippen LogP contribution < -0.4 is 15.2 Å². The standard InChI is InChI=1S/C10H12ClNO3/c1-13-9-2-7(11)8(12)3-10(9)15-5-6-4-14-6/h2-3,6H,4-5,12H2,1H3. The van der Waals surface area contributed by atoms with Gasteiger partial charge in [0.2, 0.25) is 0 Å². The molecule has 1 heterocycles. The van der Waals surface area contributed by atoms with Crippen LogP contribution >= 0.6 is 11.6 Å². The van der Waals surface area contributed by atoms with Crippen LogP contribution in [0.5, 0.6) is 11.5 Å². The fourth-order valence-corrected chi connectivity index (χ4v) is 1.32. The number of rotatable bonds is 4. The van der Waals surface area contributed by atoms with Crippen molar-refractivity contribution in [2.24, 2.45) is 0 Å². The molecule has 82 valence electrons. The zero-order valence-corrected chi connectivity index (χ0v) is 9.08. The number of halogens is 1. The minimum Gasteiger partial charge on any atom is -0.493 e. The summed E-state index contributed by atoms with van der Waals surface area (Å²) in [5.74, 6) is 1.17. The Balaban J connectivity index is 2.15. The summed E-state index contributed by atoms with van der Waals surface area (Å²) in [5.41, 5.74) is 6.14. The van der Waals surface area contributed by atoms with E-state index < -0.39 is 0 Å². The van der Waals surface area contributed by atoms with Gasteiger partial charge < -0.3 is 19.9 Å². The van der Waals surface area contributed by atoms with Gasteiger partial charge in [0, 0.05) is 12.1 Å². The Morgan fingerprint density at radius 1 is 1.53 bits per heavy atom. The van der Waals surface area contributed by atoms with Gasteiger partial charge in [-0.15, -0.1) is 0 Å². The van der Waals surface area contributed by atoms with E-state index >= 15 is 0 Å². The summed E-state index contributed by atoms with van der Waals surface area (Å²) in [4.78, 5) is 0. The second-order valence-corrected chi connectivity index (χ2v) is 3.70. The summed E-state index contributed by atoms with van der Waals surface area (Å²) in [5, 5.41) is 0.460. The van der Waals surface area contributed by atoms with Gasteiger partial charge in [-0.3, -0.25) is 0 Å². The summed E-state index contributed by atoms with van der Waals surface area (Å²) in [6.07, 6.45) is 0.201. The maximum Gasteiger partial charge on any atom is 0.163 e. The highest BCUT2D eigenvalue weighted by atomic mass is 35.5. The van der Waals surface area contributed by atoms with Gasteiger partial charge >= 0.3 is 0 Å². The van der Waals surface area contributed by atoms with Crippen molar-refractivity contribution in [1.82, 2.24) is 0 Å². The topological polar surface area (TPSA) is 57.0 Å². The number of hydrogen-bond donors (Lipinski definition) is 1. The van der Waals surface area contributed by atoms with Crippen molar-refractivity contribution in [3.05, 3.63) is 17.2 Å². The number of benzene rings is 1. The number of hydrogen-bond acceptors (Lipinski definition) is 4. The van der Waals surface area contributed by atoms with Gasteiger partial charge in [-0.1, -0.05) is 11.6 Å². The first-order valence-corrected chi connectivity index (χ1v) is 4.96. The highest BCUT2D eigenvalue weighted by Gasteiger charge is 2.23. The SMILES string of the molecule is COc1cc(Cl)c(N)cc1OCC1CO1. The third-order valence-corrected chi connectivity index (χ3v) is 2.44. The molecular formula is C10H12ClNO3. The largest absolute Gasteiger partial charge is 0.493 e. The predicted molar refractivity (Wildman–Crippen MR) is 57.7 cm³/mol. The van der Waals surface area contributed by atoms with Crippen LogP contribution in [0.2, 0.25) is 5.02 Å². The van der Waals surface area contributed by atoms with Crippen LogP contribution in [0.4, 0.5) is 5.69 Å². The zero-order valence-electron chi connectivity index (χ0n) is 8.33. The third-order valence-electron chi connectivity index (χ3n) is 2.11. The molecule has 2 rings (SSSR count). The Morgan fingerprint density at radius 3 is 2.87 bits per heavy atom. The molecule has 1 aromatic rings. The van der Waals surface area contributed by atoms with Gasteiger partial charge in [0.15, 0.2) is 11.5 Å². The van der Waals surface area contributed by atoms with Crippen LogP contribution in [0.25, 0.3) is 0 Å². The molecule has 0 bridgehead atoms. The molecule has 0 aliphatic carbocycles. The maximum absolute atomic E-state index is 5.85. The molecule has 15 heavy (non-hydrogen) atoms. The second-order valence-electron chi connectivity index (χ2n) is 3.29. The molecule has 1 unspecified atom stereocenters. The lowest BCUT2D eigenvalue weighted by Gasteiger charge is -2.11. The second kappa shape index (κ2) is 4.16. The highest BCUT2D eigenvalue weighted by Crippen LogP contribution is 2.35. The molecule has 1 atom stereocenters. The summed E-state index contributed by atoms with van der Waals surface area (Å²) in [7, 11) is 1.56. The maximum atomic E-state index is 5.85. The minimum absolute atomic E-state index is 0.201. The molecule has 1 saturated heterocycles. The average molecular weight is 230 g/mol. The van der Waals surface area contributed by atoms with Crippen molar-refractivity contribution < 1.29 is 14.2 Å². The molecule has 0 spiro atoms. The molecule has 1 fully saturated rings. The lowest BCUT2D eigenvalue weighted by Crippen LogP contribution is -2.05. The van der Waals surface area contributed by atoms with E-state index in [2.05, 4.69) is 0 Å². The van der Waals surface area contributed by atoms with E-state index in [1.54, 1.807) is 19.2 Å². The first kappa shape index (κ1) is 10.4. The van der Waals surface area contributed by atoms with Crippen LogP contribution in [0, 0.1) is 0 Å². The van der Waals surface area contributed by atoms with Gasteiger partial charge in [-0.25, -0.2) is 0 Å². The van der Waals surface area contributed by atoms with Crippen molar-refractivity contribution in [3.8, 4) is 11.5 Å². The van der Waals surface area contributed by atoms with E-state index in [0.717, 1.165) is 6.61 Å². The number of nitrogens with two attached hydrogens (primary N) is 1. The lowest BCUT2D eigenvalue weighted by molar-refractivity contribution is 0.252. The van der Waals surface area contributed by atoms with Crippen LogP contribution in [-0.2, 0) is 4.74 Å². The Hall–Kier alpha value is -1.13. The molecule has 2 N–H and O–H groups in total. The molecule has 4 nitrogen and oxygen atoms in total. The summed E-state index contributed by atoms with van der Waals surface area (Å²) < 4.78 is 15.7. The zero-order chi connectivity index (χ0) is 10.8. The molecule has 0 aromatic heterocycles. The van der Waals surface area contributed by atoms with E-state index in [1.807, 2.05) is 0 Å². The van der Waals surface area contributed by atoms with E-state index in [1.165, 1.54) is 0 Å². The van der Waals surface area contributed by atoms with Crippen molar-refractivity contribution in [2.75, 3.05) is 26.1 Å². The number of anilines is 1. The highest BCUT2D eigenvalue weighted by molar-refractivity contribution is 6.33. The van der Waals surface area contributed by atoms with Crippen molar-refractivity contribution in [3.63, 3.8) is 0 Å². The van der Waals surface area contributed by atoms with E-state index in [4.69, 9.17) is 31.5 Å². The van der Waals surface area contributed by atoms with Gasteiger partial charge in [0.05, 0.1) is 24.4 Å². The van der Waals surface area contributed by atoms with Crippen LogP contribution in [-0.4, -0.2) is 26.4 Å². The van der Waals surface area contributed by atoms with Crippen LogP contribution in [0.15, 0.2) is 12.1 Å². The number of methoxy groups -OCH3 is 1. The molecule has 1 aliphatic rings. The van der Waals surface area contributed by atoms with Crippen LogP contribution in [0.3, 0.4) is 0 Å². The molecule has 0 amide bonds. The third kappa shape index (κ3) is 2.46. The van der Waals surface area contributed by atoms with Gasteiger partial charge in [0.25, 0.3) is 0 Å². The van der Waals surface area contributed by atoms with Gasteiger partial charge in [-0.05, 0) is 0 Å². The quantitative estimate of drug-likeness (QED) is 0.631. The predicted octanol–water partition coefficient (Wildman–Crippen LogP) is 1.71. The summed E-state index contributed by atoms with van der Waals surface area (Å²) in [6.45, 7) is 1.27. The summed E-state index contributed by atoms with van der Waals surface area (Å²) >= 11 is 5.85. The van der Waals surface area contributed by atoms with E-state index in [0.29, 0.717) is 28.8 Å². The molecule has 5 heteroatoms. The molecule has 0 saturated carbocycles. The van der Waals surface area contributed by atoms with E-state index in [-0.39, 0.29) is 6.10 Å². The number of nitrogen functional groups attached to an aromatic ring is 1. The lowest BCUT2D eigenvalue weighted by atomic mass is 10.3. The normalized spacial score (nSPS) is 18.7. The monoisotopic (exact) mass is 229 g/mol. The fourth-order valence-electron chi connectivity index (χ4n) is 1.17.